The van der Waals surface area contributed by atoms with Crippen LogP contribution in [0.25, 0.3) is 5.65 Å². The SMILES string of the molecule is CN=C(NCCc1cn2ccccc2n1)N1CCC(c2cnn(C)c2)C1.I. The molecule has 8 heteroatoms. The number of nitrogens with zero attached hydrogens (tertiary/aromatic N) is 6. The summed E-state index contributed by atoms with van der Waals surface area (Å²) in [4.78, 5) is 11.4. The number of halogens is 1. The number of guanidine groups is 1. The molecule has 0 spiro atoms. The van der Waals surface area contributed by atoms with Gasteiger partial charge in [0.2, 0.25) is 0 Å². The molecule has 3 aromatic rings. The summed E-state index contributed by atoms with van der Waals surface area (Å²) in [6.45, 7) is 2.83. The van der Waals surface area contributed by atoms with Gasteiger partial charge in [-0.15, -0.1) is 24.0 Å². The zero-order valence-corrected chi connectivity index (χ0v) is 18.1. The molecular weight excluding hydrogens is 453 g/mol. The van der Waals surface area contributed by atoms with Crippen molar-refractivity contribution >= 4 is 35.6 Å². The van der Waals surface area contributed by atoms with Gasteiger partial charge in [-0.05, 0) is 24.1 Å². The molecule has 0 aliphatic carbocycles. The molecule has 4 rings (SSSR count). The highest BCUT2D eigenvalue weighted by Gasteiger charge is 2.26. The predicted molar refractivity (Wildman–Crippen MR) is 118 cm³/mol. The molecule has 1 N–H and O–H groups in total. The van der Waals surface area contributed by atoms with Crippen LogP contribution in [0.15, 0.2) is 48.0 Å². The van der Waals surface area contributed by atoms with Gasteiger partial charge in [0.25, 0.3) is 0 Å². The monoisotopic (exact) mass is 479 g/mol. The maximum absolute atomic E-state index is 4.65. The third-order valence-electron chi connectivity index (χ3n) is 4.97. The molecule has 1 aliphatic heterocycles. The van der Waals surface area contributed by atoms with Gasteiger partial charge in [-0.2, -0.15) is 5.10 Å². The molecule has 1 unspecified atom stereocenters. The van der Waals surface area contributed by atoms with Gasteiger partial charge in [0.1, 0.15) is 5.65 Å². The van der Waals surface area contributed by atoms with Gasteiger partial charge in [-0.25, -0.2) is 4.98 Å². The van der Waals surface area contributed by atoms with Gasteiger partial charge in [0.15, 0.2) is 5.96 Å². The van der Waals surface area contributed by atoms with Crippen molar-refractivity contribution in [2.24, 2.45) is 12.0 Å². The molecule has 27 heavy (non-hydrogen) atoms. The first kappa shape index (κ1) is 19.7. The van der Waals surface area contributed by atoms with Crippen LogP contribution in [0.5, 0.6) is 0 Å². The summed E-state index contributed by atoms with van der Waals surface area (Å²) in [6.07, 6.45) is 10.2. The van der Waals surface area contributed by atoms with Crippen molar-refractivity contribution < 1.29 is 0 Å². The van der Waals surface area contributed by atoms with Crippen LogP contribution < -0.4 is 5.32 Å². The van der Waals surface area contributed by atoms with E-state index in [0.29, 0.717) is 5.92 Å². The summed E-state index contributed by atoms with van der Waals surface area (Å²) in [7, 11) is 3.82. The van der Waals surface area contributed by atoms with Crippen molar-refractivity contribution in [3.8, 4) is 0 Å². The van der Waals surface area contributed by atoms with Crippen LogP contribution in [0.3, 0.4) is 0 Å². The summed E-state index contributed by atoms with van der Waals surface area (Å²) in [5.41, 5.74) is 3.40. The van der Waals surface area contributed by atoms with E-state index in [-0.39, 0.29) is 24.0 Å². The van der Waals surface area contributed by atoms with Crippen molar-refractivity contribution in [3.05, 3.63) is 54.2 Å². The fraction of sp³-hybridized carbons (Fsp3) is 0.421. The molecule has 0 radical (unpaired) electrons. The Morgan fingerprint density at radius 3 is 2.96 bits per heavy atom. The largest absolute Gasteiger partial charge is 0.356 e. The van der Waals surface area contributed by atoms with E-state index in [1.54, 1.807) is 0 Å². The number of rotatable bonds is 4. The third kappa shape index (κ3) is 4.42. The van der Waals surface area contributed by atoms with E-state index in [2.05, 4.69) is 42.1 Å². The van der Waals surface area contributed by atoms with Crippen LogP contribution in [0.1, 0.15) is 23.6 Å². The predicted octanol–water partition coefficient (Wildman–Crippen LogP) is 2.29. The standard InChI is InChI=1S/C19H25N7.HI/c1-20-19(26-10-7-15(13-26)16-11-22-24(2)12-16)21-8-6-17-14-25-9-4-3-5-18(25)23-17;/h3-5,9,11-12,14-15H,6-8,10,13H2,1-2H3,(H,20,21);1H. The molecule has 1 aliphatic rings. The van der Waals surface area contributed by atoms with E-state index in [0.717, 1.165) is 49.8 Å². The van der Waals surface area contributed by atoms with Crippen molar-refractivity contribution in [1.82, 2.24) is 29.4 Å². The molecule has 7 nitrogen and oxygen atoms in total. The quantitative estimate of drug-likeness (QED) is 0.355. The van der Waals surface area contributed by atoms with E-state index in [9.17, 15) is 0 Å². The van der Waals surface area contributed by atoms with Crippen LogP contribution in [-0.4, -0.2) is 56.7 Å². The Hall–Kier alpha value is -2.10. The fourth-order valence-corrected chi connectivity index (χ4v) is 3.62. The second-order valence-electron chi connectivity index (χ2n) is 6.80. The molecule has 0 amide bonds. The minimum Gasteiger partial charge on any atom is -0.356 e. The van der Waals surface area contributed by atoms with Crippen LogP contribution in [-0.2, 0) is 13.5 Å². The summed E-state index contributed by atoms with van der Waals surface area (Å²) >= 11 is 0. The lowest BCUT2D eigenvalue weighted by molar-refractivity contribution is 0.486. The van der Waals surface area contributed by atoms with Gasteiger partial charge in [0.05, 0.1) is 11.9 Å². The zero-order chi connectivity index (χ0) is 17.9. The van der Waals surface area contributed by atoms with Gasteiger partial charge in [-0.1, -0.05) is 6.07 Å². The van der Waals surface area contributed by atoms with Gasteiger partial charge < -0.3 is 14.6 Å². The second kappa shape index (κ2) is 8.73. The highest BCUT2D eigenvalue weighted by atomic mass is 127. The first-order valence-electron chi connectivity index (χ1n) is 9.09. The molecule has 0 saturated carbocycles. The van der Waals surface area contributed by atoms with E-state index in [4.69, 9.17) is 0 Å². The summed E-state index contributed by atoms with van der Waals surface area (Å²) in [5, 5.41) is 7.78. The Balaban J connectivity index is 0.00000210. The topological polar surface area (TPSA) is 62.8 Å². The molecule has 1 fully saturated rings. The number of aromatic nitrogens is 4. The lowest BCUT2D eigenvalue weighted by Gasteiger charge is -2.21. The van der Waals surface area contributed by atoms with E-state index in [1.807, 2.05) is 49.4 Å². The Morgan fingerprint density at radius 2 is 2.22 bits per heavy atom. The number of fused-ring (bicyclic) bond motifs is 1. The molecule has 144 valence electrons. The number of nitrogens with one attached hydrogen (secondary N) is 1. The van der Waals surface area contributed by atoms with Crippen LogP contribution in [0.4, 0.5) is 0 Å². The van der Waals surface area contributed by atoms with Crippen molar-refractivity contribution in [2.75, 3.05) is 26.7 Å². The summed E-state index contributed by atoms with van der Waals surface area (Å²) in [6, 6.07) is 6.06. The molecular formula is C19H26IN7. The lowest BCUT2D eigenvalue weighted by Crippen LogP contribution is -2.40. The van der Waals surface area contributed by atoms with Gasteiger partial charge in [0, 0.05) is 64.7 Å². The molecule has 1 saturated heterocycles. The maximum atomic E-state index is 4.65. The van der Waals surface area contributed by atoms with Crippen molar-refractivity contribution in [1.29, 1.82) is 0 Å². The average molecular weight is 479 g/mol. The van der Waals surface area contributed by atoms with Crippen LogP contribution in [0.2, 0.25) is 0 Å². The third-order valence-corrected chi connectivity index (χ3v) is 4.97. The molecule has 1 atom stereocenters. The molecule has 0 bridgehead atoms. The van der Waals surface area contributed by atoms with E-state index >= 15 is 0 Å². The van der Waals surface area contributed by atoms with Gasteiger partial charge in [-0.3, -0.25) is 9.67 Å². The summed E-state index contributed by atoms with van der Waals surface area (Å²) in [5.74, 6) is 1.50. The lowest BCUT2D eigenvalue weighted by atomic mass is 10.0. The maximum Gasteiger partial charge on any atom is 0.193 e. The Kier molecular flexibility index (Phi) is 6.35. The summed E-state index contributed by atoms with van der Waals surface area (Å²) < 4.78 is 3.93. The molecule has 4 heterocycles. The van der Waals surface area contributed by atoms with E-state index in [1.165, 1.54) is 5.56 Å². The first-order valence-corrected chi connectivity index (χ1v) is 9.09. The number of pyridine rings is 1. The van der Waals surface area contributed by atoms with Crippen LogP contribution in [0, 0.1) is 0 Å². The van der Waals surface area contributed by atoms with Crippen LogP contribution >= 0.6 is 24.0 Å². The molecule has 3 aromatic heterocycles. The number of hydrogen-bond acceptors (Lipinski definition) is 3. The first-order chi connectivity index (χ1) is 12.7. The number of imidazole rings is 1. The van der Waals surface area contributed by atoms with Gasteiger partial charge >= 0.3 is 0 Å². The highest BCUT2D eigenvalue weighted by molar-refractivity contribution is 14.0. The Labute approximate surface area is 176 Å². The van der Waals surface area contributed by atoms with Crippen molar-refractivity contribution in [2.45, 2.75) is 18.8 Å². The van der Waals surface area contributed by atoms with Crippen molar-refractivity contribution in [3.63, 3.8) is 0 Å². The van der Waals surface area contributed by atoms with E-state index < -0.39 is 0 Å². The smallest absolute Gasteiger partial charge is 0.193 e. The number of aliphatic imine (C=N–C) groups is 1. The second-order valence-corrected chi connectivity index (χ2v) is 6.80. The molecule has 0 aromatic carbocycles. The number of likely N-dealkylation sites (tertiary alicyclic amines) is 1. The number of hydrogen-bond donors (Lipinski definition) is 1. The normalized spacial score (nSPS) is 17.3. The minimum absolute atomic E-state index is 0. The average Bonchev–Trinajstić information content (AvgIpc) is 3.37. The Morgan fingerprint density at radius 1 is 1.33 bits per heavy atom. The minimum atomic E-state index is 0. The number of aryl methyl sites for hydroxylation is 1. The zero-order valence-electron chi connectivity index (χ0n) is 15.7. The highest BCUT2D eigenvalue weighted by Crippen LogP contribution is 2.26. The Bertz CT molecular complexity index is 881. The fourth-order valence-electron chi connectivity index (χ4n) is 3.62.